The number of para-hydroxylation sites is 1. The molecule has 0 spiro atoms. The molecule has 3 rings (SSSR count). The number of halogens is 1. The maximum Gasteiger partial charge on any atom is 0.151 e. The highest BCUT2D eigenvalue weighted by Gasteiger charge is 2.14. The number of rotatable bonds is 4. The van der Waals surface area contributed by atoms with Crippen LogP contribution in [0.2, 0.25) is 0 Å². The first kappa shape index (κ1) is 13.5. The first-order valence-corrected chi connectivity index (χ1v) is 6.71. The Morgan fingerprint density at radius 1 is 0.905 bits per heavy atom. The van der Waals surface area contributed by atoms with Crippen LogP contribution in [0.4, 0.5) is 4.39 Å². The molecule has 1 heterocycles. The molecule has 2 N–H and O–H groups in total. The normalized spacial score (nSPS) is 10.8. The molecule has 0 aliphatic rings. The number of hydrogen-bond acceptors (Lipinski definition) is 3. The van der Waals surface area contributed by atoms with Crippen molar-refractivity contribution >= 4 is 0 Å². The van der Waals surface area contributed by atoms with E-state index in [1.807, 2.05) is 41.0 Å². The Labute approximate surface area is 122 Å². The fourth-order valence-electron chi connectivity index (χ4n) is 2.29. The van der Waals surface area contributed by atoms with E-state index in [-0.39, 0.29) is 12.4 Å². The van der Waals surface area contributed by atoms with E-state index in [1.54, 1.807) is 12.1 Å². The molecule has 0 bridgehead atoms. The van der Waals surface area contributed by atoms with Crippen molar-refractivity contribution in [2.75, 3.05) is 0 Å². The summed E-state index contributed by atoms with van der Waals surface area (Å²) in [6.45, 7) is 0.277. The average molecular weight is 282 g/mol. The third-order valence-corrected chi connectivity index (χ3v) is 3.30. The second-order valence-electron chi connectivity index (χ2n) is 4.68. The lowest BCUT2D eigenvalue weighted by Crippen LogP contribution is -2.10. The standard InChI is InChI=1S/C16H15FN4/c17-14-9-5-4-6-12(14)10-15-19-20-16(11-18)21(15)13-7-2-1-3-8-13/h1-9H,10-11,18H2. The van der Waals surface area contributed by atoms with Gasteiger partial charge in [-0.15, -0.1) is 10.2 Å². The van der Waals surface area contributed by atoms with Crippen molar-refractivity contribution in [2.45, 2.75) is 13.0 Å². The predicted octanol–water partition coefficient (Wildman–Crippen LogP) is 2.46. The van der Waals surface area contributed by atoms with Gasteiger partial charge in [0.25, 0.3) is 0 Å². The van der Waals surface area contributed by atoms with E-state index in [9.17, 15) is 4.39 Å². The summed E-state index contributed by atoms with van der Waals surface area (Å²) in [7, 11) is 0. The van der Waals surface area contributed by atoms with Crippen LogP contribution in [0.5, 0.6) is 0 Å². The Morgan fingerprint density at radius 3 is 2.29 bits per heavy atom. The third-order valence-electron chi connectivity index (χ3n) is 3.30. The van der Waals surface area contributed by atoms with Gasteiger partial charge in [0.1, 0.15) is 11.6 Å². The third kappa shape index (κ3) is 2.68. The molecule has 3 aromatic rings. The molecule has 5 heteroatoms. The minimum Gasteiger partial charge on any atom is -0.324 e. The molecule has 2 aromatic carbocycles. The van der Waals surface area contributed by atoms with Crippen LogP contribution in [0.25, 0.3) is 5.69 Å². The maximum atomic E-state index is 13.8. The van der Waals surface area contributed by atoms with Gasteiger partial charge in [0.2, 0.25) is 0 Å². The van der Waals surface area contributed by atoms with E-state index in [2.05, 4.69) is 10.2 Å². The molecule has 21 heavy (non-hydrogen) atoms. The van der Waals surface area contributed by atoms with Crippen molar-refractivity contribution in [3.8, 4) is 5.69 Å². The minimum absolute atomic E-state index is 0.241. The van der Waals surface area contributed by atoms with Crippen LogP contribution in [0.1, 0.15) is 17.2 Å². The Morgan fingerprint density at radius 2 is 1.57 bits per heavy atom. The van der Waals surface area contributed by atoms with Crippen LogP contribution < -0.4 is 5.73 Å². The lowest BCUT2D eigenvalue weighted by atomic mass is 10.1. The number of benzene rings is 2. The molecule has 1 aromatic heterocycles. The lowest BCUT2D eigenvalue weighted by Gasteiger charge is -2.10. The topological polar surface area (TPSA) is 56.7 Å². The monoisotopic (exact) mass is 282 g/mol. The van der Waals surface area contributed by atoms with Gasteiger partial charge in [0.05, 0.1) is 6.54 Å². The predicted molar refractivity (Wildman–Crippen MR) is 78.5 cm³/mol. The Bertz CT molecular complexity index is 737. The van der Waals surface area contributed by atoms with Gasteiger partial charge in [-0.2, -0.15) is 0 Å². The SMILES string of the molecule is NCc1nnc(Cc2ccccc2F)n1-c1ccccc1. The van der Waals surface area contributed by atoms with Gasteiger partial charge in [0.15, 0.2) is 5.82 Å². The second-order valence-corrected chi connectivity index (χ2v) is 4.68. The average Bonchev–Trinajstić information content (AvgIpc) is 2.93. The summed E-state index contributed by atoms with van der Waals surface area (Å²) in [6.07, 6.45) is 0.370. The van der Waals surface area contributed by atoms with Gasteiger partial charge in [-0.1, -0.05) is 36.4 Å². The van der Waals surface area contributed by atoms with Crippen molar-refractivity contribution in [1.82, 2.24) is 14.8 Å². The molecular formula is C16H15FN4. The van der Waals surface area contributed by atoms with Crippen LogP contribution in [-0.2, 0) is 13.0 Å². The van der Waals surface area contributed by atoms with E-state index >= 15 is 0 Å². The molecule has 4 nitrogen and oxygen atoms in total. The Hall–Kier alpha value is -2.53. The molecule has 0 saturated carbocycles. The van der Waals surface area contributed by atoms with E-state index < -0.39 is 0 Å². The van der Waals surface area contributed by atoms with Crippen LogP contribution in [-0.4, -0.2) is 14.8 Å². The summed E-state index contributed by atoms with van der Waals surface area (Å²) in [5.74, 6) is 1.09. The van der Waals surface area contributed by atoms with Gasteiger partial charge >= 0.3 is 0 Å². The van der Waals surface area contributed by atoms with Crippen molar-refractivity contribution in [3.05, 3.63) is 77.6 Å². The van der Waals surface area contributed by atoms with Gasteiger partial charge in [-0.3, -0.25) is 4.57 Å². The quantitative estimate of drug-likeness (QED) is 0.799. The Kier molecular flexibility index (Phi) is 3.75. The van der Waals surface area contributed by atoms with Crippen molar-refractivity contribution in [3.63, 3.8) is 0 Å². The fourth-order valence-corrected chi connectivity index (χ4v) is 2.29. The lowest BCUT2D eigenvalue weighted by molar-refractivity contribution is 0.611. The molecular weight excluding hydrogens is 267 g/mol. The summed E-state index contributed by atoms with van der Waals surface area (Å²) in [5.41, 5.74) is 7.24. The second kappa shape index (κ2) is 5.85. The van der Waals surface area contributed by atoms with Crippen molar-refractivity contribution < 1.29 is 4.39 Å². The minimum atomic E-state index is -0.241. The first-order valence-electron chi connectivity index (χ1n) is 6.71. The highest BCUT2D eigenvalue weighted by atomic mass is 19.1. The number of nitrogens with two attached hydrogens (primary N) is 1. The van der Waals surface area contributed by atoms with E-state index in [0.717, 1.165) is 5.69 Å². The van der Waals surface area contributed by atoms with Crippen LogP contribution in [0.15, 0.2) is 54.6 Å². The van der Waals surface area contributed by atoms with E-state index in [0.29, 0.717) is 23.6 Å². The van der Waals surface area contributed by atoms with Crippen LogP contribution >= 0.6 is 0 Å². The summed E-state index contributed by atoms with van der Waals surface area (Å²) in [6, 6.07) is 16.4. The molecule has 0 atom stereocenters. The van der Waals surface area contributed by atoms with Crippen LogP contribution in [0.3, 0.4) is 0 Å². The molecule has 0 aliphatic heterocycles. The zero-order valence-electron chi connectivity index (χ0n) is 11.4. The molecule has 0 unspecified atom stereocenters. The summed E-state index contributed by atoms with van der Waals surface area (Å²) < 4.78 is 15.7. The Balaban J connectivity index is 2.04. The van der Waals surface area contributed by atoms with Crippen LogP contribution in [0, 0.1) is 5.82 Å². The van der Waals surface area contributed by atoms with Gasteiger partial charge in [-0.25, -0.2) is 4.39 Å². The molecule has 106 valence electrons. The highest BCUT2D eigenvalue weighted by molar-refractivity contribution is 5.35. The summed E-state index contributed by atoms with van der Waals surface area (Å²) in [5, 5.41) is 8.27. The number of aromatic nitrogens is 3. The fraction of sp³-hybridized carbons (Fsp3) is 0.125. The molecule has 0 radical (unpaired) electrons. The first-order chi connectivity index (χ1) is 10.3. The number of hydrogen-bond donors (Lipinski definition) is 1. The van der Waals surface area contributed by atoms with Crippen molar-refractivity contribution in [1.29, 1.82) is 0 Å². The zero-order valence-corrected chi connectivity index (χ0v) is 11.4. The molecule has 0 aliphatic carbocycles. The summed E-state index contributed by atoms with van der Waals surface area (Å²) >= 11 is 0. The highest BCUT2D eigenvalue weighted by Crippen LogP contribution is 2.17. The van der Waals surface area contributed by atoms with E-state index in [4.69, 9.17) is 5.73 Å². The van der Waals surface area contributed by atoms with Gasteiger partial charge in [-0.05, 0) is 23.8 Å². The largest absolute Gasteiger partial charge is 0.324 e. The molecule has 0 fully saturated rings. The molecule has 0 amide bonds. The van der Waals surface area contributed by atoms with Crippen molar-refractivity contribution in [2.24, 2.45) is 5.73 Å². The van der Waals surface area contributed by atoms with E-state index in [1.165, 1.54) is 6.07 Å². The maximum absolute atomic E-state index is 13.8. The summed E-state index contributed by atoms with van der Waals surface area (Å²) in [4.78, 5) is 0. The zero-order chi connectivity index (χ0) is 14.7. The van der Waals surface area contributed by atoms with Gasteiger partial charge < -0.3 is 5.73 Å². The smallest absolute Gasteiger partial charge is 0.151 e. The molecule has 0 saturated heterocycles. The number of nitrogens with zero attached hydrogens (tertiary/aromatic N) is 3. The van der Waals surface area contributed by atoms with Gasteiger partial charge in [0, 0.05) is 12.1 Å².